The zero-order valence-corrected chi connectivity index (χ0v) is 12.7. The molecule has 22 heavy (non-hydrogen) atoms. The Morgan fingerprint density at radius 3 is 2.82 bits per heavy atom. The topological polar surface area (TPSA) is 41.6 Å². The van der Waals surface area contributed by atoms with Crippen LogP contribution in [0.3, 0.4) is 0 Å². The normalized spacial score (nSPS) is 17.0. The van der Waals surface area contributed by atoms with Crippen molar-refractivity contribution >= 4 is 17.7 Å². The molecule has 3 rings (SSSR count). The minimum absolute atomic E-state index is 0.487. The molecular weight excluding hydrogens is 276 g/mol. The molecule has 0 aromatic heterocycles. The zero-order chi connectivity index (χ0) is 15.4. The number of hydrogen-bond acceptors (Lipinski definition) is 4. The molecule has 1 aliphatic heterocycles. The number of rotatable bonds is 5. The summed E-state index contributed by atoms with van der Waals surface area (Å²) in [6.45, 7) is 4.01. The quantitative estimate of drug-likeness (QED) is 0.861. The Hall–Kier alpha value is -2.33. The summed E-state index contributed by atoms with van der Waals surface area (Å²) in [4.78, 5) is 13.3. The van der Waals surface area contributed by atoms with Crippen LogP contribution in [0.2, 0.25) is 0 Å². The van der Waals surface area contributed by atoms with E-state index in [0.29, 0.717) is 13.2 Å². The van der Waals surface area contributed by atoms with Crippen molar-refractivity contribution in [3.8, 4) is 0 Å². The highest BCUT2D eigenvalue weighted by atomic mass is 16.5. The number of aryl methyl sites for hydroxylation is 1. The molecule has 0 radical (unpaired) electrons. The van der Waals surface area contributed by atoms with Gasteiger partial charge in [0.25, 0.3) is 0 Å². The lowest BCUT2D eigenvalue weighted by atomic mass is 10.1. The third kappa shape index (κ3) is 2.97. The molecule has 0 spiro atoms. The number of carbonyl (C=O) groups excluding carboxylic acids is 1. The Balaban J connectivity index is 1.70. The number of nitrogens with zero attached hydrogens (tertiary/aromatic N) is 1. The molecule has 1 atom stereocenters. The molecular formula is C18H20N2O2. The number of fused-ring (bicyclic) bond motifs is 1. The number of para-hydroxylation sites is 2. The highest BCUT2D eigenvalue weighted by molar-refractivity contribution is 5.67. The molecule has 1 heterocycles. The van der Waals surface area contributed by atoms with Gasteiger partial charge in [-0.25, -0.2) is 0 Å². The van der Waals surface area contributed by atoms with Crippen LogP contribution in [-0.4, -0.2) is 25.6 Å². The number of anilines is 2. The van der Waals surface area contributed by atoms with Gasteiger partial charge in [0.1, 0.15) is 0 Å². The van der Waals surface area contributed by atoms with Crippen molar-refractivity contribution < 1.29 is 9.53 Å². The second-order valence-corrected chi connectivity index (χ2v) is 5.40. The van der Waals surface area contributed by atoms with Crippen LogP contribution in [0.15, 0.2) is 48.5 Å². The molecule has 1 N–H and O–H groups in total. The summed E-state index contributed by atoms with van der Waals surface area (Å²) < 4.78 is 5.62. The average Bonchev–Trinajstić information content (AvgIpc) is 2.56. The predicted octanol–water partition coefficient (Wildman–Crippen LogP) is 2.97. The van der Waals surface area contributed by atoms with Gasteiger partial charge in [0.15, 0.2) is 12.5 Å². The van der Waals surface area contributed by atoms with Crippen molar-refractivity contribution in [2.75, 3.05) is 23.3 Å². The third-order valence-electron chi connectivity index (χ3n) is 3.95. The van der Waals surface area contributed by atoms with Crippen LogP contribution in [0, 0.1) is 6.92 Å². The van der Waals surface area contributed by atoms with E-state index < -0.39 is 6.23 Å². The first-order chi connectivity index (χ1) is 10.8. The van der Waals surface area contributed by atoms with Crippen molar-refractivity contribution in [3.63, 3.8) is 0 Å². The van der Waals surface area contributed by atoms with E-state index in [1.165, 1.54) is 5.56 Å². The molecule has 0 amide bonds. The van der Waals surface area contributed by atoms with E-state index in [1.54, 1.807) is 0 Å². The zero-order valence-electron chi connectivity index (χ0n) is 12.7. The molecule has 0 aliphatic carbocycles. The summed E-state index contributed by atoms with van der Waals surface area (Å²) in [6, 6.07) is 16.3. The highest BCUT2D eigenvalue weighted by Crippen LogP contribution is 2.28. The average molecular weight is 296 g/mol. The lowest BCUT2D eigenvalue weighted by molar-refractivity contribution is -0.119. The molecule has 0 saturated heterocycles. The van der Waals surface area contributed by atoms with Crippen molar-refractivity contribution in [2.45, 2.75) is 19.8 Å². The Morgan fingerprint density at radius 1 is 1.23 bits per heavy atom. The van der Waals surface area contributed by atoms with Crippen molar-refractivity contribution in [1.29, 1.82) is 0 Å². The summed E-state index contributed by atoms with van der Waals surface area (Å²) in [6.07, 6.45) is 0.359. The first-order valence-corrected chi connectivity index (χ1v) is 7.50. The van der Waals surface area contributed by atoms with Gasteiger partial charge in [-0.3, -0.25) is 4.79 Å². The second-order valence-electron chi connectivity index (χ2n) is 5.40. The maximum Gasteiger partial charge on any atom is 0.187 e. The minimum Gasteiger partial charge on any atom is -0.383 e. The lowest BCUT2D eigenvalue weighted by Crippen LogP contribution is -2.44. The highest BCUT2D eigenvalue weighted by Gasteiger charge is 2.25. The van der Waals surface area contributed by atoms with Crippen LogP contribution in [0.1, 0.15) is 11.1 Å². The smallest absolute Gasteiger partial charge is 0.187 e. The van der Waals surface area contributed by atoms with Gasteiger partial charge in [0, 0.05) is 30.0 Å². The fraction of sp³-hybridized carbons (Fsp3) is 0.278. The van der Waals surface area contributed by atoms with Crippen LogP contribution in [0.25, 0.3) is 0 Å². The van der Waals surface area contributed by atoms with Crippen LogP contribution in [-0.2, 0) is 16.1 Å². The lowest BCUT2D eigenvalue weighted by Gasteiger charge is -2.36. The van der Waals surface area contributed by atoms with Gasteiger partial charge in [0.2, 0.25) is 0 Å². The van der Waals surface area contributed by atoms with E-state index >= 15 is 0 Å². The van der Waals surface area contributed by atoms with Crippen molar-refractivity contribution in [1.82, 2.24) is 0 Å². The van der Waals surface area contributed by atoms with Gasteiger partial charge >= 0.3 is 0 Å². The number of ether oxygens (including phenoxy) is 1. The number of carbonyl (C=O) groups is 1. The summed E-state index contributed by atoms with van der Waals surface area (Å²) in [5.74, 6) is 0. The van der Waals surface area contributed by atoms with E-state index in [9.17, 15) is 4.79 Å². The van der Waals surface area contributed by atoms with E-state index in [4.69, 9.17) is 4.74 Å². The molecule has 114 valence electrons. The first kappa shape index (κ1) is 14.6. The first-order valence-electron chi connectivity index (χ1n) is 7.50. The number of hydrogen-bond donors (Lipinski definition) is 1. The third-order valence-corrected chi connectivity index (χ3v) is 3.95. The minimum atomic E-state index is -0.506. The number of benzene rings is 2. The molecule has 2 aromatic rings. The number of aldehydes is 1. The van der Waals surface area contributed by atoms with Crippen molar-refractivity contribution in [3.05, 3.63) is 59.7 Å². The standard InChI is InChI=1S/C18H20N2O2/c1-14-6-2-4-8-16(14)19-10-11-20-17-9-5-3-7-15(17)13-22-18(20)12-21/h2-9,12,18-19H,10-11,13H2,1H3. The maximum absolute atomic E-state index is 11.3. The SMILES string of the molecule is Cc1ccccc1NCCN1c2ccccc2COC1C=O. The van der Waals surface area contributed by atoms with E-state index in [0.717, 1.165) is 29.8 Å². The van der Waals surface area contributed by atoms with Gasteiger partial charge in [-0.05, 0) is 24.6 Å². The summed E-state index contributed by atoms with van der Waals surface area (Å²) in [7, 11) is 0. The fourth-order valence-corrected chi connectivity index (χ4v) is 2.76. The number of nitrogens with one attached hydrogen (secondary N) is 1. The van der Waals surface area contributed by atoms with Crippen LogP contribution >= 0.6 is 0 Å². The largest absolute Gasteiger partial charge is 0.383 e. The van der Waals surface area contributed by atoms with E-state index in [2.05, 4.69) is 24.4 Å². The van der Waals surface area contributed by atoms with Crippen LogP contribution < -0.4 is 10.2 Å². The maximum atomic E-state index is 11.3. The van der Waals surface area contributed by atoms with Gasteiger partial charge in [-0.1, -0.05) is 36.4 Å². The monoisotopic (exact) mass is 296 g/mol. The van der Waals surface area contributed by atoms with E-state index in [-0.39, 0.29) is 0 Å². The molecule has 1 aliphatic rings. The molecule has 4 heteroatoms. The molecule has 0 saturated carbocycles. The summed E-state index contributed by atoms with van der Waals surface area (Å²) in [5.41, 5.74) is 4.54. The van der Waals surface area contributed by atoms with Gasteiger partial charge in [0.05, 0.1) is 6.61 Å². The molecule has 0 bridgehead atoms. The molecule has 0 fully saturated rings. The summed E-state index contributed by atoms with van der Waals surface area (Å²) in [5, 5.41) is 3.42. The van der Waals surface area contributed by atoms with E-state index in [1.807, 2.05) is 41.3 Å². The summed E-state index contributed by atoms with van der Waals surface area (Å²) >= 11 is 0. The molecule has 4 nitrogen and oxygen atoms in total. The Kier molecular flexibility index (Phi) is 4.39. The van der Waals surface area contributed by atoms with Crippen molar-refractivity contribution in [2.24, 2.45) is 0 Å². The van der Waals surface area contributed by atoms with Gasteiger partial charge < -0.3 is 15.0 Å². The Morgan fingerprint density at radius 2 is 2.00 bits per heavy atom. The second kappa shape index (κ2) is 6.62. The Labute approximate surface area is 130 Å². The van der Waals surface area contributed by atoms with Crippen LogP contribution in [0.4, 0.5) is 11.4 Å². The van der Waals surface area contributed by atoms with Gasteiger partial charge in [-0.2, -0.15) is 0 Å². The Bertz CT molecular complexity index is 657. The van der Waals surface area contributed by atoms with Gasteiger partial charge in [-0.15, -0.1) is 0 Å². The fourth-order valence-electron chi connectivity index (χ4n) is 2.76. The molecule has 1 unspecified atom stereocenters. The van der Waals surface area contributed by atoms with Crippen LogP contribution in [0.5, 0.6) is 0 Å². The predicted molar refractivity (Wildman–Crippen MR) is 88.1 cm³/mol. The molecule has 2 aromatic carbocycles.